The molecule has 4 atom stereocenters. The molecule has 2 aliphatic rings. The van der Waals surface area contributed by atoms with E-state index in [1.165, 1.54) is 12.2 Å². The summed E-state index contributed by atoms with van der Waals surface area (Å²) in [5, 5.41) is 0. The molecule has 0 N–H and O–H groups in total. The molecule has 0 saturated heterocycles. The van der Waals surface area contributed by atoms with Gasteiger partial charge in [0.2, 0.25) is 0 Å². The minimum atomic E-state index is -4.26. The number of carbonyl (C=O) groups is 1. The Morgan fingerprint density at radius 2 is 1.88 bits per heavy atom. The Labute approximate surface area is 154 Å². The maximum absolute atomic E-state index is 13.6. The predicted octanol–water partition coefficient (Wildman–Crippen LogP) is 5.73. The monoisotopic (exact) mass is 372 g/mol. The molecular formula is C21H31F3O2. The molecule has 0 bridgehead atoms. The molecule has 0 radical (unpaired) electrons. The fraction of sp³-hybridized carbons (Fsp3) is 0.762. The summed E-state index contributed by atoms with van der Waals surface area (Å²) in [4.78, 5) is 12.1. The van der Waals surface area contributed by atoms with E-state index in [9.17, 15) is 18.0 Å². The van der Waals surface area contributed by atoms with E-state index in [0.29, 0.717) is 6.42 Å². The Morgan fingerprint density at radius 3 is 2.38 bits per heavy atom. The molecule has 1 fully saturated rings. The highest BCUT2D eigenvalue weighted by molar-refractivity contribution is 5.78. The van der Waals surface area contributed by atoms with Crippen LogP contribution in [0.3, 0.4) is 0 Å². The SMILES string of the molecule is COC1CCC([C@H](CC2C(C)=CC=CC2C(F)(F)F)[C@@H](C)C(C)=O)CC1. The number of alkyl halides is 3. The third-order valence-electron chi connectivity index (χ3n) is 6.54. The standard InChI is InChI=1S/C21H31F3O2/c1-13-6-5-7-20(21(22,23)24)18(13)12-19(14(2)15(3)25)16-8-10-17(26-4)11-9-16/h5-7,14,16-20H,8-12H2,1-4H3/t14-,16?,17?,18?,19+,20?/m0/s1. The lowest BCUT2D eigenvalue weighted by Crippen LogP contribution is -2.37. The average molecular weight is 372 g/mol. The number of Topliss-reactive ketones (excluding diaryl/α,β-unsaturated/α-hetero) is 1. The van der Waals surface area contributed by atoms with Gasteiger partial charge in [-0.3, -0.25) is 4.79 Å². The zero-order chi connectivity index (χ0) is 19.5. The highest BCUT2D eigenvalue weighted by atomic mass is 19.4. The summed E-state index contributed by atoms with van der Waals surface area (Å²) in [6.07, 6.45) is 4.65. The van der Waals surface area contributed by atoms with E-state index in [0.717, 1.165) is 31.3 Å². The fourth-order valence-corrected chi connectivity index (χ4v) is 4.69. The van der Waals surface area contributed by atoms with Crippen LogP contribution in [0.5, 0.6) is 0 Å². The normalized spacial score (nSPS) is 32.0. The van der Waals surface area contributed by atoms with E-state index in [1.54, 1.807) is 27.0 Å². The first-order chi connectivity index (χ1) is 12.1. The quantitative estimate of drug-likeness (QED) is 0.595. The Bertz CT molecular complexity index is 542. The molecule has 2 nitrogen and oxygen atoms in total. The van der Waals surface area contributed by atoms with Gasteiger partial charge in [-0.15, -0.1) is 0 Å². The summed E-state index contributed by atoms with van der Waals surface area (Å²) < 4.78 is 46.1. The smallest absolute Gasteiger partial charge is 0.381 e. The molecule has 0 heterocycles. The molecule has 0 aromatic heterocycles. The predicted molar refractivity (Wildman–Crippen MR) is 96.6 cm³/mol. The van der Waals surface area contributed by atoms with Gasteiger partial charge in [-0.25, -0.2) is 0 Å². The second-order valence-electron chi connectivity index (χ2n) is 8.04. The highest BCUT2D eigenvalue weighted by Gasteiger charge is 2.46. The first-order valence-corrected chi connectivity index (χ1v) is 9.60. The molecule has 0 aromatic rings. The zero-order valence-corrected chi connectivity index (χ0v) is 16.2. The Kier molecular flexibility index (Phi) is 7.12. The molecule has 0 spiro atoms. The third kappa shape index (κ3) is 4.99. The second kappa shape index (κ2) is 8.73. The van der Waals surface area contributed by atoms with Crippen molar-refractivity contribution in [1.82, 2.24) is 0 Å². The second-order valence-corrected chi connectivity index (χ2v) is 8.04. The Morgan fingerprint density at radius 1 is 1.27 bits per heavy atom. The minimum absolute atomic E-state index is 0.0185. The van der Waals surface area contributed by atoms with Gasteiger partial charge in [0, 0.05) is 13.0 Å². The molecule has 2 rings (SSSR count). The van der Waals surface area contributed by atoms with Crippen LogP contribution in [0.4, 0.5) is 13.2 Å². The number of allylic oxidation sites excluding steroid dienone is 4. The van der Waals surface area contributed by atoms with Crippen LogP contribution >= 0.6 is 0 Å². The van der Waals surface area contributed by atoms with Crippen molar-refractivity contribution in [1.29, 1.82) is 0 Å². The molecule has 0 aliphatic heterocycles. The van der Waals surface area contributed by atoms with Crippen molar-refractivity contribution < 1.29 is 22.7 Å². The van der Waals surface area contributed by atoms with Gasteiger partial charge in [-0.2, -0.15) is 13.2 Å². The molecule has 0 amide bonds. The Hall–Kier alpha value is -1.10. The molecule has 26 heavy (non-hydrogen) atoms. The van der Waals surface area contributed by atoms with E-state index in [4.69, 9.17) is 4.74 Å². The fourth-order valence-electron chi connectivity index (χ4n) is 4.69. The van der Waals surface area contributed by atoms with Crippen LogP contribution in [0.25, 0.3) is 0 Å². The molecule has 148 valence electrons. The van der Waals surface area contributed by atoms with Crippen molar-refractivity contribution in [3.63, 3.8) is 0 Å². The first-order valence-electron chi connectivity index (χ1n) is 9.60. The van der Waals surface area contributed by atoms with Crippen LogP contribution in [0.1, 0.15) is 52.9 Å². The van der Waals surface area contributed by atoms with Crippen molar-refractivity contribution >= 4 is 5.78 Å². The number of methoxy groups -OCH3 is 1. The van der Waals surface area contributed by atoms with Gasteiger partial charge in [0.15, 0.2) is 0 Å². The van der Waals surface area contributed by atoms with Crippen LogP contribution in [-0.2, 0) is 9.53 Å². The summed E-state index contributed by atoms with van der Waals surface area (Å²) in [6, 6.07) is 0. The zero-order valence-electron chi connectivity index (χ0n) is 16.2. The third-order valence-corrected chi connectivity index (χ3v) is 6.54. The van der Waals surface area contributed by atoms with Crippen LogP contribution in [0, 0.1) is 29.6 Å². The van der Waals surface area contributed by atoms with Gasteiger partial charge in [0.05, 0.1) is 12.0 Å². The topological polar surface area (TPSA) is 26.3 Å². The lowest BCUT2D eigenvalue weighted by atomic mass is 9.66. The number of carbonyl (C=O) groups excluding carboxylic acids is 1. The van der Waals surface area contributed by atoms with Gasteiger partial charge in [0.25, 0.3) is 0 Å². The molecule has 0 aromatic carbocycles. The Balaban J connectivity index is 2.21. The lowest BCUT2D eigenvalue weighted by molar-refractivity contribution is -0.173. The molecule has 1 saturated carbocycles. The van der Waals surface area contributed by atoms with Crippen LogP contribution in [-0.4, -0.2) is 25.2 Å². The molecular weight excluding hydrogens is 341 g/mol. The summed E-state index contributed by atoms with van der Waals surface area (Å²) in [5.74, 6) is -1.91. The van der Waals surface area contributed by atoms with Crippen LogP contribution in [0.2, 0.25) is 0 Å². The number of hydrogen-bond acceptors (Lipinski definition) is 2. The number of hydrogen-bond donors (Lipinski definition) is 0. The van der Waals surface area contributed by atoms with Gasteiger partial charge in [0.1, 0.15) is 5.78 Å². The van der Waals surface area contributed by atoms with Gasteiger partial charge < -0.3 is 4.74 Å². The van der Waals surface area contributed by atoms with E-state index in [-0.39, 0.29) is 29.6 Å². The summed E-state index contributed by atoms with van der Waals surface area (Å²) >= 11 is 0. The van der Waals surface area contributed by atoms with Crippen molar-refractivity contribution in [2.45, 2.75) is 65.2 Å². The van der Waals surface area contributed by atoms with E-state index in [2.05, 4.69) is 0 Å². The molecule has 2 unspecified atom stereocenters. The summed E-state index contributed by atoms with van der Waals surface area (Å²) in [6.45, 7) is 5.23. The highest BCUT2D eigenvalue weighted by Crippen LogP contribution is 2.46. The minimum Gasteiger partial charge on any atom is -0.381 e. The number of halogens is 3. The maximum Gasteiger partial charge on any atom is 0.395 e. The lowest BCUT2D eigenvalue weighted by Gasteiger charge is -2.40. The largest absolute Gasteiger partial charge is 0.395 e. The van der Waals surface area contributed by atoms with Crippen molar-refractivity contribution in [3.05, 3.63) is 23.8 Å². The van der Waals surface area contributed by atoms with Crippen molar-refractivity contribution in [3.8, 4) is 0 Å². The van der Waals surface area contributed by atoms with Crippen LogP contribution in [0.15, 0.2) is 23.8 Å². The number of ether oxygens (including phenoxy) is 1. The summed E-state index contributed by atoms with van der Waals surface area (Å²) in [5.41, 5.74) is 0.765. The number of ketones is 1. The number of rotatable bonds is 6. The van der Waals surface area contributed by atoms with E-state index >= 15 is 0 Å². The molecule has 2 aliphatic carbocycles. The van der Waals surface area contributed by atoms with Gasteiger partial charge in [-0.05, 0) is 63.7 Å². The van der Waals surface area contributed by atoms with Crippen molar-refractivity contribution in [2.75, 3.05) is 7.11 Å². The van der Waals surface area contributed by atoms with E-state index in [1.807, 2.05) is 6.92 Å². The van der Waals surface area contributed by atoms with Crippen LogP contribution < -0.4 is 0 Å². The van der Waals surface area contributed by atoms with Gasteiger partial charge >= 0.3 is 6.18 Å². The average Bonchev–Trinajstić information content (AvgIpc) is 2.59. The van der Waals surface area contributed by atoms with E-state index < -0.39 is 18.0 Å². The first kappa shape index (κ1) is 21.2. The van der Waals surface area contributed by atoms with Gasteiger partial charge in [-0.1, -0.05) is 30.7 Å². The maximum atomic E-state index is 13.6. The summed E-state index contributed by atoms with van der Waals surface area (Å²) in [7, 11) is 1.71. The van der Waals surface area contributed by atoms with Crippen molar-refractivity contribution in [2.24, 2.45) is 29.6 Å². The molecule has 5 heteroatoms.